The van der Waals surface area contributed by atoms with Crippen LogP contribution in [0, 0.1) is 13.8 Å². The fourth-order valence-electron chi connectivity index (χ4n) is 3.17. The molecule has 1 aromatic heterocycles. The fourth-order valence-corrected chi connectivity index (χ4v) is 3.17. The molecule has 0 spiro atoms. The average Bonchev–Trinajstić information content (AvgIpc) is 2.61. The third kappa shape index (κ3) is 3.85. The summed E-state index contributed by atoms with van der Waals surface area (Å²) < 4.78 is 5.45. The normalized spacial score (nSPS) is 12.1. The van der Waals surface area contributed by atoms with Crippen molar-refractivity contribution in [3.63, 3.8) is 0 Å². The Morgan fingerprint density at radius 2 is 1.85 bits per heavy atom. The van der Waals surface area contributed by atoms with Crippen molar-refractivity contribution in [2.75, 3.05) is 0 Å². The predicted molar refractivity (Wildman–Crippen MR) is 103 cm³/mol. The standard InChI is InChI=1S/C22H23NO3/c1-14-9-10-18-15(2)19(22(25)26-20(18)13-14)11-12-21(24)23-16(3)17-7-5-4-6-8-17/h4-10,13,16H,11-12H2,1-3H3,(H,23,24). The van der Waals surface area contributed by atoms with E-state index in [4.69, 9.17) is 4.42 Å². The molecule has 0 aliphatic carbocycles. The summed E-state index contributed by atoms with van der Waals surface area (Å²) in [7, 11) is 0. The molecule has 0 fully saturated rings. The maximum Gasteiger partial charge on any atom is 0.339 e. The van der Waals surface area contributed by atoms with E-state index in [1.807, 2.05) is 69.3 Å². The van der Waals surface area contributed by atoms with Gasteiger partial charge in [0.15, 0.2) is 0 Å². The first-order valence-electron chi connectivity index (χ1n) is 8.83. The van der Waals surface area contributed by atoms with Gasteiger partial charge in [-0.15, -0.1) is 0 Å². The van der Waals surface area contributed by atoms with Crippen LogP contribution in [-0.2, 0) is 11.2 Å². The summed E-state index contributed by atoms with van der Waals surface area (Å²) in [6.45, 7) is 5.82. The molecule has 3 rings (SSSR count). The lowest BCUT2D eigenvalue weighted by atomic mass is 10.0. The van der Waals surface area contributed by atoms with Crippen LogP contribution in [0.4, 0.5) is 0 Å². The highest BCUT2D eigenvalue weighted by Gasteiger charge is 2.14. The minimum atomic E-state index is -0.357. The van der Waals surface area contributed by atoms with Gasteiger partial charge in [-0.25, -0.2) is 4.79 Å². The molecule has 1 N–H and O–H groups in total. The van der Waals surface area contributed by atoms with Crippen LogP contribution < -0.4 is 10.9 Å². The number of amides is 1. The quantitative estimate of drug-likeness (QED) is 0.702. The van der Waals surface area contributed by atoms with Crippen LogP contribution in [0.15, 0.2) is 57.7 Å². The molecular weight excluding hydrogens is 326 g/mol. The molecule has 0 saturated carbocycles. The first-order chi connectivity index (χ1) is 12.5. The predicted octanol–water partition coefficient (Wildman–Crippen LogP) is 4.22. The molecule has 0 bridgehead atoms. The molecule has 4 heteroatoms. The van der Waals surface area contributed by atoms with E-state index in [0.29, 0.717) is 17.6 Å². The summed E-state index contributed by atoms with van der Waals surface area (Å²) in [5.74, 6) is -0.0795. The fraction of sp³-hybridized carbons (Fsp3) is 0.273. The summed E-state index contributed by atoms with van der Waals surface area (Å²) in [6.07, 6.45) is 0.617. The lowest BCUT2D eigenvalue weighted by Gasteiger charge is -2.14. The van der Waals surface area contributed by atoms with Gasteiger partial charge in [0.05, 0.1) is 6.04 Å². The van der Waals surface area contributed by atoms with E-state index in [0.717, 1.165) is 22.1 Å². The molecule has 3 aromatic rings. The monoisotopic (exact) mass is 349 g/mol. The van der Waals surface area contributed by atoms with Crippen molar-refractivity contribution in [3.8, 4) is 0 Å². The Kier molecular flexibility index (Phi) is 5.21. The van der Waals surface area contributed by atoms with Gasteiger partial charge in [-0.1, -0.05) is 42.5 Å². The second kappa shape index (κ2) is 7.56. The number of hydrogen-bond acceptors (Lipinski definition) is 3. The van der Waals surface area contributed by atoms with Gasteiger partial charge < -0.3 is 9.73 Å². The van der Waals surface area contributed by atoms with E-state index >= 15 is 0 Å². The number of aryl methyl sites for hydroxylation is 2. The Labute approximate surface area is 152 Å². The van der Waals surface area contributed by atoms with Gasteiger partial charge in [0.2, 0.25) is 5.91 Å². The van der Waals surface area contributed by atoms with Crippen LogP contribution in [-0.4, -0.2) is 5.91 Å². The van der Waals surface area contributed by atoms with Crippen molar-refractivity contribution in [2.45, 2.75) is 39.7 Å². The largest absolute Gasteiger partial charge is 0.423 e. The van der Waals surface area contributed by atoms with Gasteiger partial charge in [-0.2, -0.15) is 0 Å². The lowest BCUT2D eigenvalue weighted by Crippen LogP contribution is -2.27. The molecule has 0 aliphatic rings. The Hall–Kier alpha value is -2.88. The molecule has 1 unspecified atom stereocenters. The molecule has 1 amide bonds. The van der Waals surface area contributed by atoms with E-state index in [1.165, 1.54) is 0 Å². The highest BCUT2D eigenvalue weighted by molar-refractivity contribution is 5.82. The SMILES string of the molecule is Cc1ccc2c(C)c(CCC(=O)NC(C)c3ccccc3)c(=O)oc2c1. The van der Waals surface area contributed by atoms with Crippen LogP contribution >= 0.6 is 0 Å². The van der Waals surface area contributed by atoms with Crippen molar-refractivity contribution < 1.29 is 9.21 Å². The lowest BCUT2D eigenvalue weighted by molar-refractivity contribution is -0.121. The second-order valence-corrected chi connectivity index (χ2v) is 6.69. The van der Waals surface area contributed by atoms with Crippen LogP contribution in [0.25, 0.3) is 11.0 Å². The van der Waals surface area contributed by atoms with Crippen molar-refractivity contribution in [3.05, 3.63) is 81.2 Å². The number of hydrogen-bond donors (Lipinski definition) is 1. The molecule has 0 radical (unpaired) electrons. The smallest absolute Gasteiger partial charge is 0.339 e. The highest BCUT2D eigenvalue weighted by Crippen LogP contribution is 2.21. The molecule has 1 heterocycles. The molecule has 0 saturated heterocycles. The first-order valence-corrected chi connectivity index (χ1v) is 8.83. The molecule has 0 aliphatic heterocycles. The van der Waals surface area contributed by atoms with Crippen LogP contribution in [0.1, 0.15) is 41.6 Å². The average molecular weight is 349 g/mol. The Morgan fingerprint density at radius 3 is 2.58 bits per heavy atom. The van der Waals surface area contributed by atoms with Crippen molar-refractivity contribution >= 4 is 16.9 Å². The Bertz CT molecular complexity index is 989. The molecule has 26 heavy (non-hydrogen) atoms. The minimum absolute atomic E-state index is 0.0687. The second-order valence-electron chi connectivity index (χ2n) is 6.69. The number of carbonyl (C=O) groups excluding carboxylic acids is 1. The van der Waals surface area contributed by atoms with E-state index in [-0.39, 0.29) is 24.0 Å². The van der Waals surface area contributed by atoms with Crippen molar-refractivity contribution in [1.29, 1.82) is 0 Å². The third-order valence-electron chi connectivity index (χ3n) is 4.72. The van der Waals surface area contributed by atoms with E-state index in [2.05, 4.69) is 5.32 Å². The molecular formula is C22H23NO3. The number of carbonyl (C=O) groups is 1. The minimum Gasteiger partial charge on any atom is -0.423 e. The van der Waals surface area contributed by atoms with Gasteiger partial charge in [-0.3, -0.25) is 4.79 Å². The maximum atomic E-state index is 12.3. The zero-order valence-electron chi connectivity index (χ0n) is 15.3. The molecule has 2 aromatic carbocycles. The Morgan fingerprint density at radius 1 is 1.12 bits per heavy atom. The Balaban J connectivity index is 1.72. The van der Waals surface area contributed by atoms with Gasteiger partial charge in [0, 0.05) is 17.4 Å². The zero-order chi connectivity index (χ0) is 18.7. The summed E-state index contributed by atoms with van der Waals surface area (Å²) in [5, 5.41) is 3.90. The molecule has 134 valence electrons. The molecule has 1 atom stereocenters. The van der Waals surface area contributed by atoms with E-state index in [9.17, 15) is 9.59 Å². The van der Waals surface area contributed by atoms with Crippen LogP contribution in [0.3, 0.4) is 0 Å². The summed E-state index contributed by atoms with van der Waals surface area (Å²) in [6, 6.07) is 15.6. The summed E-state index contributed by atoms with van der Waals surface area (Å²) in [4.78, 5) is 24.6. The number of rotatable bonds is 5. The van der Waals surface area contributed by atoms with Gasteiger partial charge in [-0.05, 0) is 49.9 Å². The van der Waals surface area contributed by atoms with Crippen LogP contribution in [0.5, 0.6) is 0 Å². The van der Waals surface area contributed by atoms with Gasteiger partial charge in [0.25, 0.3) is 0 Å². The van der Waals surface area contributed by atoms with Crippen LogP contribution in [0.2, 0.25) is 0 Å². The summed E-state index contributed by atoms with van der Waals surface area (Å²) in [5.41, 5.74) is 3.80. The van der Waals surface area contributed by atoms with E-state index in [1.54, 1.807) is 0 Å². The van der Waals surface area contributed by atoms with Gasteiger partial charge >= 0.3 is 5.63 Å². The van der Waals surface area contributed by atoms with E-state index < -0.39 is 0 Å². The number of benzene rings is 2. The number of fused-ring (bicyclic) bond motifs is 1. The summed E-state index contributed by atoms with van der Waals surface area (Å²) >= 11 is 0. The first kappa shape index (κ1) is 17.9. The topological polar surface area (TPSA) is 59.3 Å². The van der Waals surface area contributed by atoms with Gasteiger partial charge in [0.1, 0.15) is 5.58 Å². The number of nitrogens with one attached hydrogen (secondary N) is 1. The van der Waals surface area contributed by atoms with Crippen molar-refractivity contribution in [2.24, 2.45) is 0 Å². The zero-order valence-corrected chi connectivity index (χ0v) is 15.3. The highest BCUT2D eigenvalue weighted by atomic mass is 16.4. The van der Waals surface area contributed by atoms with Crippen molar-refractivity contribution in [1.82, 2.24) is 5.32 Å². The third-order valence-corrected chi connectivity index (χ3v) is 4.72. The molecule has 4 nitrogen and oxygen atoms in total. The maximum absolute atomic E-state index is 12.3.